The predicted molar refractivity (Wildman–Crippen MR) is 45.2 cm³/mol. The molecule has 0 saturated carbocycles. The van der Waals surface area contributed by atoms with Crippen LogP contribution in [0.25, 0.3) is 0 Å². The Balaban J connectivity index is 2.60. The molecule has 74 valence electrons. The lowest BCUT2D eigenvalue weighted by Crippen LogP contribution is -2.36. The van der Waals surface area contributed by atoms with Crippen molar-refractivity contribution < 1.29 is 14.3 Å². The molecule has 0 bridgehead atoms. The zero-order valence-electron chi connectivity index (χ0n) is 7.79. The summed E-state index contributed by atoms with van der Waals surface area (Å²) in [6, 6.07) is 0. The van der Waals surface area contributed by atoms with E-state index in [1.807, 2.05) is 5.43 Å². The van der Waals surface area contributed by atoms with E-state index in [2.05, 4.69) is 0 Å². The van der Waals surface area contributed by atoms with Gasteiger partial charge in [0.2, 0.25) is 5.91 Å². The first-order chi connectivity index (χ1) is 5.95. The molecule has 0 unspecified atom stereocenters. The lowest BCUT2D eigenvalue weighted by Gasteiger charge is -2.23. The molecule has 1 aliphatic rings. The molecule has 13 heavy (non-hydrogen) atoms. The summed E-state index contributed by atoms with van der Waals surface area (Å²) in [6.45, 7) is 3.60. The third kappa shape index (κ3) is 2.18. The number of ether oxygens (including phenoxy) is 1. The van der Waals surface area contributed by atoms with E-state index in [0.29, 0.717) is 6.42 Å². The second-order valence-corrected chi connectivity index (χ2v) is 3.75. The van der Waals surface area contributed by atoms with Crippen molar-refractivity contribution in [3.05, 3.63) is 0 Å². The highest BCUT2D eigenvalue weighted by Gasteiger charge is 2.42. The second kappa shape index (κ2) is 3.33. The Kier molecular flexibility index (Phi) is 2.56. The molecule has 3 N–H and O–H groups in total. The normalized spacial score (nSPS) is 25.5. The van der Waals surface area contributed by atoms with Crippen LogP contribution in [0.15, 0.2) is 0 Å². The topological polar surface area (TPSA) is 81.4 Å². The van der Waals surface area contributed by atoms with Gasteiger partial charge in [-0.15, -0.1) is 0 Å². The molecule has 1 fully saturated rings. The highest BCUT2D eigenvalue weighted by molar-refractivity contribution is 5.78. The third-order valence-electron chi connectivity index (χ3n) is 2.37. The number of hydrogen-bond acceptors (Lipinski definition) is 4. The van der Waals surface area contributed by atoms with Crippen molar-refractivity contribution in [3.63, 3.8) is 0 Å². The van der Waals surface area contributed by atoms with Crippen molar-refractivity contribution in [1.29, 1.82) is 0 Å². The van der Waals surface area contributed by atoms with Gasteiger partial charge in [-0.3, -0.25) is 15.0 Å². The van der Waals surface area contributed by atoms with Gasteiger partial charge < -0.3 is 4.74 Å². The van der Waals surface area contributed by atoms with Crippen LogP contribution in [0.5, 0.6) is 0 Å². The van der Waals surface area contributed by atoms with Gasteiger partial charge in [0, 0.05) is 12.3 Å². The Morgan fingerprint density at radius 3 is 2.77 bits per heavy atom. The van der Waals surface area contributed by atoms with Gasteiger partial charge in [0.1, 0.15) is 5.60 Å². The van der Waals surface area contributed by atoms with Crippen LogP contribution >= 0.6 is 0 Å². The Hall–Kier alpha value is -1.10. The van der Waals surface area contributed by atoms with Crippen LogP contribution in [-0.4, -0.2) is 17.5 Å². The SMILES string of the molecule is CC1(C)OC(=O)C[C@H]1CC(=O)NN. The summed E-state index contributed by atoms with van der Waals surface area (Å²) in [5, 5.41) is 0. The third-order valence-corrected chi connectivity index (χ3v) is 2.37. The lowest BCUT2D eigenvalue weighted by molar-refractivity contribution is -0.147. The first-order valence-corrected chi connectivity index (χ1v) is 4.17. The van der Waals surface area contributed by atoms with Crippen LogP contribution in [0.2, 0.25) is 0 Å². The molecule has 5 nitrogen and oxygen atoms in total. The second-order valence-electron chi connectivity index (χ2n) is 3.75. The summed E-state index contributed by atoms with van der Waals surface area (Å²) >= 11 is 0. The standard InChI is InChI=1S/C8H14N2O3/c1-8(2)5(3-6(11)10-9)4-7(12)13-8/h5H,3-4,9H2,1-2H3,(H,10,11)/t5-/m1/s1. The molecule has 0 spiro atoms. The van der Waals surface area contributed by atoms with E-state index in [1.165, 1.54) is 0 Å². The molecular formula is C8H14N2O3. The maximum absolute atomic E-state index is 11.0. The van der Waals surface area contributed by atoms with E-state index in [1.54, 1.807) is 13.8 Å². The van der Waals surface area contributed by atoms with Crippen molar-refractivity contribution >= 4 is 11.9 Å². The van der Waals surface area contributed by atoms with Crippen LogP contribution < -0.4 is 11.3 Å². The highest BCUT2D eigenvalue weighted by Crippen LogP contribution is 2.34. The van der Waals surface area contributed by atoms with Gasteiger partial charge in [0.15, 0.2) is 0 Å². The highest BCUT2D eigenvalue weighted by atomic mass is 16.6. The number of hydrogen-bond donors (Lipinski definition) is 2. The van der Waals surface area contributed by atoms with Crippen molar-refractivity contribution in [1.82, 2.24) is 5.43 Å². The average molecular weight is 186 g/mol. The molecule has 5 heteroatoms. The Bertz CT molecular complexity index is 238. The fraction of sp³-hybridized carbons (Fsp3) is 0.750. The number of carbonyl (C=O) groups excluding carboxylic acids is 2. The summed E-state index contributed by atoms with van der Waals surface area (Å²) in [6.07, 6.45) is 0.523. The van der Waals surface area contributed by atoms with Crippen LogP contribution in [0.3, 0.4) is 0 Å². The van der Waals surface area contributed by atoms with E-state index in [4.69, 9.17) is 10.6 Å². The molecule has 1 saturated heterocycles. The minimum absolute atomic E-state index is 0.0800. The van der Waals surface area contributed by atoms with Gasteiger partial charge in [-0.05, 0) is 13.8 Å². The smallest absolute Gasteiger partial charge is 0.306 e. The summed E-state index contributed by atoms with van der Waals surface area (Å²) < 4.78 is 5.05. The first-order valence-electron chi connectivity index (χ1n) is 4.17. The van der Waals surface area contributed by atoms with Crippen molar-refractivity contribution in [2.45, 2.75) is 32.3 Å². The van der Waals surface area contributed by atoms with E-state index < -0.39 is 5.60 Å². The summed E-state index contributed by atoms with van der Waals surface area (Å²) in [4.78, 5) is 21.9. The average Bonchev–Trinajstić information content (AvgIpc) is 2.24. The van der Waals surface area contributed by atoms with Gasteiger partial charge in [-0.25, -0.2) is 5.84 Å². The predicted octanol–water partition coefficient (Wildman–Crippen LogP) is -0.292. The van der Waals surface area contributed by atoms with Gasteiger partial charge in [-0.1, -0.05) is 0 Å². The van der Waals surface area contributed by atoms with Crippen LogP contribution in [0.4, 0.5) is 0 Å². The summed E-state index contributed by atoms with van der Waals surface area (Å²) in [7, 11) is 0. The lowest BCUT2D eigenvalue weighted by atomic mass is 9.88. The number of hydrazine groups is 1. The summed E-state index contributed by atoms with van der Waals surface area (Å²) in [5.74, 6) is 4.35. The molecule has 1 rings (SSSR count). The van der Waals surface area contributed by atoms with Gasteiger partial charge in [-0.2, -0.15) is 0 Å². The number of esters is 1. The molecule has 1 aliphatic heterocycles. The first kappa shape index (κ1) is 9.98. The molecule has 0 aliphatic carbocycles. The monoisotopic (exact) mass is 186 g/mol. The number of rotatable bonds is 2. The van der Waals surface area contributed by atoms with Crippen LogP contribution in [-0.2, 0) is 14.3 Å². The molecule has 0 aromatic rings. The van der Waals surface area contributed by atoms with Gasteiger partial charge in [0.25, 0.3) is 0 Å². The number of nitrogens with two attached hydrogens (primary N) is 1. The molecule has 1 atom stereocenters. The van der Waals surface area contributed by atoms with Crippen molar-refractivity contribution in [3.8, 4) is 0 Å². The number of nitrogens with one attached hydrogen (secondary N) is 1. The molecular weight excluding hydrogens is 172 g/mol. The van der Waals surface area contributed by atoms with E-state index in [0.717, 1.165) is 0 Å². The fourth-order valence-electron chi connectivity index (χ4n) is 1.47. The van der Waals surface area contributed by atoms with E-state index in [-0.39, 0.29) is 24.2 Å². The Morgan fingerprint density at radius 1 is 1.77 bits per heavy atom. The fourth-order valence-corrected chi connectivity index (χ4v) is 1.47. The zero-order valence-corrected chi connectivity index (χ0v) is 7.79. The van der Waals surface area contributed by atoms with E-state index in [9.17, 15) is 9.59 Å². The largest absolute Gasteiger partial charge is 0.459 e. The molecule has 1 amide bonds. The maximum Gasteiger partial charge on any atom is 0.306 e. The summed E-state index contributed by atoms with van der Waals surface area (Å²) in [5.41, 5.74) is 1.49. The van der Waals surface area contributed by atoms with Crippen molar-refractivity contribution in [2.75, 3.05) is 0 Å². The molecule has 0 aromatic heterocycles. The Labute approximate surface area is 76.6 Å². The number of cyclic esters (lactones) is 1. The molecule has 1 heterocycles. The minimum atomic E-state index is -0.552. The van der Waals surface area contributed by atoms with E-state index >= 15 is 0 Å². The maximum atomic E-state index is 11.0. The van der Waals surface area contributed by atoms with Crippen LogP contribution in [0, 0.1) is 5.92 Å². The van der Waals surface area contributed by atoms with Crippen molar-refractivity contribution in [2.24, 2.45) is 11.8 Å². The quantitative estimate of drug-likeness (QED) is 0.269. The molecule has 0 aromatic carbocycles. The minimum Gasteiger partial charge on any atom is -0.459 e. The number of carbonyl (C=O) groups is 2. The zero-order chi connectivity index (χ0) is 10.1. The number of amides is 1. The van der Waals surface area contributed by atoms with Gasteiger partial charge >= 0.3 is 5.97 Å². The van der Waals surface area contributed by atoms with Gasteiger partial charge in [0.05, 0.1) is 6.42 Å². The van der Waals surface area contributed by atoms with Crippen LogP contribution in [0.1, 0.15) is 26.7 Å². The molecule has 0 radical (unpaired) electrons. The Morgan fingerprint density at radius 2 is 2.38 bits per heavy atom.